The quantitative estimate of drug-likeness (QED) is 0.910. The third-order valence-electron chi connectivity index (χ3n) is 2.38. The third-order valence-corrected chi connectivity index (χ3v) is 2.84. The fourth-order valence-electron chi connectivity index (χ4n) is 1.37. The van der Waals surface area contributed by atoms with Crippen LogP contribution in [0, 0.1) is 6.92 Å². The highest BCUT2D eigenvalue weighted by Gasteiger charge is 2.10. The van der Waals surface area contributed by atoms with Gasteiger partial charge in [0.15, 0.2) is 0 Å². The van der Waals surface area contributed by atoms with E-state index in [1.165, 1.54) is 0 Å². The number of aliphatic hydroxyl groups is 1. The lowest BCUT2D eigenvalue weighted by atomic mass is 10.1. The second-order valence-electron chi connectivity index (χ2n) is 3.71. The zero-order chi connectivity index (χ0) is 11.4. The Bertz CT molecular complexity index is 337. The van der Waals surface area contributed by atoms with Crippen LogP contribution < -0.4 is 4.74 Å². The van der Waals surface area contributed by atoms with E-state index in [2.05, 4.69) is 22.9 Å². The van der Waals surface area contributed by atoms with Crippen LogP contribution in [0.3, 0.4) is 0 Å². The first kappa shape index (κ1) is 12.5. The lowest BCUT2D eigenvalue weighted by molar-refractivity contribution is 0.204. The summed E-state index contributed by atoms with van der Waals surface area (Å²) in [5.74, 6) is 0.815. The molecule has 3 heteroatoms. The molecule has 0 aliphatic rings. The van der Waals surface area contributed by atoms with Gasteiger partial charge in [-0.3, -0.25) is 0 Å². The van der Waals surface area contributed by atoms with E-state index in [4.69, 9.17) is 4.74 Å². The molecule has 0 spiro atoms. The maximum Gasteiger partial charge on any atom is 0.128 e. The van der Waals surface area contributed by atoms with Crippen LogP contribution in [-0.4, -0.2) is 11.2 Å². The summed E-state index contributed by atoms with van der Waals surface area (Å²) < 4.78 is 6.76. The zero-order valence-corrected chi connectivity index (χ0v) is 11.0. The van der Waals surface area contributed by atoms with Crippen molar-refractivity contribution in [3.63, 3.8) is 0 Å². The van der Waals surface area contributed by atoms with Crippen LogP contribution in [0.15, 0.2) is 16.6 Å². The minimum atomic E-state index is 0.00600. The van der Waals surface area contributed by atoms with Crippen molar-refractivity contribution in [2.45, 2.75) is 39.9 Å². The molecule has 0 fully saturated rings. The van der Waals surface area contributed by atoms with E-state index in [9.17, 15) is 5.11 Å². The van der Waals surface area contributed by atoms with Gasteiger partial charge in [0.25, 0.3) is 0 Å². The normalized spacial score (nSPS) is 12.6. The fraction of sp³-hybridized carbons (Fsp3) is 0.500. The molecule has 0 amide bonds. The summed E-state index contributed by atoms with van der Waals surface area (Å²) in [6.07, 6.45) is 1.13. The van der Waals surface area contributed by atoms with Crippen LogP contribution in [0.4, 0.5) is 0 Å². The first-order valence-corrected chi connectivity index (χ1v) is 5.94. The van der Waals surface area contributed by atoms with Gasteiger partial charge >= 0.3 is 0 Å². The number of halogens is 1. The Hall–Kier alpha value is -0.540. The molecule has 0 bridgehead atoms. The number of aliphatic hydroxyl groups excluding tert-OH is 1. The van der Waals surface area contributed by atoms with Gasteiger partial charge in [-0.25, -0.2) is 0 Å². The molecule has 1 aromatic rings. The molecule has 0 aliphatic heterocycles. The van der Waals surface area contributed by atoms with Crippen molar-refractivity contribution >= 4 is 15.9 Å². The van der Waals surface area contributed by atoms with Gasteiger partial charge in [-0.15, -0.1) is 0 Å². The van der Waals surface area contributed by atoms with Crippen molar-refractivity contribution in [2.75, 3.05) is 0 Å². The van der Waals surface area contributed by atoms with E-state index >= 15 is 0 Å². The first-order valence-electron chi connectivity index (χ1n) is 5.15. The SMILES string of the molecule is CCC(C)Oc1c(C)cc(Br)cc1CO. The minimum Gasteiger partial charge on any atom is -0.490 e. The number of hydrogen-bond acceptors (Lipinski definition) is 2. The molecule has 0 aliphatic carbocycles. The highest BCUT2D eigenvalue weighted by Crippen LogP contribution is 2.29. The molecular formula is C12H17BrO2. The Morgan fingerprint density at radius 2 is 2.13 bits per heavy atom. The Balaban J connectivity index is 3.04. The molecule has 0 saturated heterocycles. The molecule has 1 atom stereocenters. The molecular weight excluding hydrogens is 256 g/mol. The molecule has 1 aromatic carbocycles. The maximum atomic E-state index is 9.25. The van der Waals surface area contributed by atoms with Gasteiger partial charge < -0.3 is 9.84 Å². The van der Waals surface area contributed by atoms with E-state index in [1.54, 1.807) is 0 Å². The highest BCUT2D eigenvalue weighted by molar-refractivity contribution is 9.10. The Morgan fingerprint density at radius 1 is 1.47 bits per heavy atom. The van der Waals surface area contributed by atoms with Crippen LogP contribution in [0.5, 0.6) is 5.75 Å². The predicted molar refractivity (Wildman–Crippen MR) is 65.2 cm³/mol. The Kier molecular flexibility index (Phi) is 4.61. The molecule has 84 valence electrons. The van der Waals surface area contributed by atoms with Crippen molar-refractivity contribution in [1.82, 2.24) is 0 Å². The van der Waals surface area contributed by atoms with E-state index in [0.29, 0.717) is 0 Å². The highest BCUT2D eigenvalue weighted by atomic mass is 79.9. The monoisotopic (exact) mass is 272 g/mol. The predicted octanol–water partition coefficient (Wildman–Crippen LogP) is 3.43. The van der Waals surface area contributed by atoms with E-state index in [-0.39, 0.29) is 12.7 Å². The lowest BCUT2D eigenvalue weighted by Crippen LogP contribution is -2.12. The van der Waals surface area contributed by atoms with Crippen LogP contribution in [0.2, 0.25) is 0 Å². The summed E-state index contributed by atoms with van der Waals surface area (Å²) in [7, 11) is 0. The van der Waals surface area contributed by atoms with Crippen LogP contribution in [-0.2, 0) is 6.61 Å². The van der Waals surface area contributed by atoms with Crippen molar-refractivity contribution in [1.29, 1.82) is 0 Å². The van der Waals surface area contributed by atoms with Gasteiger partial charge in [0.05, 0.1) is 12.7 Å². The Morgan fingerprint density at radius 3 is 2.67 bits per heavy atom. The van der Waals surface area contributed by atoms with E-state index in [1.807, 2.05) is 26.0 Å². The largest absolute Gasteiger partial charge is 0.490 e. The molecule has 0 heterocycles. The van der Waals surface area contributed by atoms with Gasteiger partial charge in [0.2, 0.25) is 0 Å². The van der Waals surface area contributed by atoms with E-state index in [0.717, 1.165) is 27.8 Å². The molecule has 0 saturated carbocycles. The summed E-state index contributed by atoms with van der Waals surface area (Å²) in [4.78, 5) is 0. The maximum absolute atomic E-state index is 9.25. The number of rotatable bonds is 4. The van der Waals surface area contributed by atoms with Gasteiger partial charge in [-0.05, 0) is 38.0 Å². The van der Waals surface area contributed by atoms with Gasteiger partial charge in [-0.2, -0.15) is 0 Å². The van der Waals surface area contributed by atoms with Gasteiger partial charge in [-0.1, -0.05) is 22.9 Å². The molecule has 1 N–H and O–H groups in total. The summed E-state index contributed by atoms with van der Waals surface area (Å²) in [6, 6.07) is 3.89. The molecule has 1 unspecified atom stereocenters. The van der Waals surface area contributed by atoms with Gasteiger partial charge in [0.1, 0.15) is 5.75 Å². The van der Waals surface area contributed by atoms with Crippen LogP contribution in [0.1, 0.15) is 31.4 Å². The molecule has 2 nitrogen and oxygen atoms in total. The zero-order valence-electron chi connectivity index (χ0n) is 9.38. The van der Waals surface area contributed by atoms with Gasteiger partial charge in [0, 0.05) is 10.0 Å². The standard InChI is InChI=1S/C12H17BrO2/c1-4-9(3)15-12-8(2)5-11(13)6-10(12)7-14/h5-6,9,14H,4,7H2,1-3H3. The van der Waals surface area contributed by atoms with Crippen molar-refractivity contribution in [3.05, 3.63) is 27.7 Å². The lowest BCUT2D eigenvalue weighted by Gasteiger charge is -2.18. The molecule has 0 aromatic heterocycles. The second kappa shape index (κ2) is 5.52. The summed E-state index contributed by atoms with van der Waals surface area (Å²) in [6.45, 7) is 6.10. The number of benzene rings is 1. The Labute approximate surface area is 99.4 Å². The topological polar surface area (TPSA) is 29.5 Å². The van der Waals surface area contributed by atoms with Crippen molar-refractivity contribution < 1.29 is 9.84 Å². The number of aryl methyl sites for hydroxylation is 1. The van der Waals surface area contributed by atoms with E-state index < -0.39 is 0 Å². The summed E-state index contributed by atoms with van der Waals surface area (Å²) in [5, 5.41) is 9.25. The second-order valence-corrected chi connectivity index (χ2v) is 4.62. The van der Waals surface area contributed by atoms with Crippen molar-refractivity contribution in [3.8, 4) is 5.75 Å². The average molecular weight is 273 g/mol. The smallest absolute Gasteiger partial charge is 0.128 e. The van der Waals surface area contributed by atoms with Crippen LogP contribution in [0.25, 0.3) is 0 Å². The minimum absolute atomic E-state index is 0.00600. The molecule has 0 radical (unpaired) electrons. The molecule has 15 heavy (non-hydrogen) atoms. The first-order chi connectivity index (χ1) is 7.08. The average Bonchev–Trinajstić information content (AvgIpc) is 2.21. The summed E-state index contributed by atoms with van der Waals surface area (Å²) >= 11 is 3.40. The van der Waals surface area contributed by atoms with Crippen molar-refractivity contribution in [2.24, 2.45) is 0 Å². The van der Waals surface area contributed by atoms with Crippen LogP contribution >= 0.6 is 15.9 Å². The summed E-state index contributed by atoms with van der Waals surface area (Å²) in [5.41, 5.74) is 1.89. The fourth-order valence-corrected chi connectivity index (χ4v) is 1.99. The number of ether oxygens (including phenoxy) is 1. The molecule has 1 rings (SSSR count). The number of hydrogen-bond donors (Lipinski definition) is 1. The third kappa shape index (κ3) is 3.21.